The summed E-state index contributed by atoms with van der Waals surface area (Å²) in [5.41, 5.74) is 8.48. The molecule has 2 N–H and O–H groups in total. The van der Waals surface area contributed by atoms with Crippen molar-refractivity contribution < 1.29 is 14.3 Å². The smallest absolute Gasteiger partial charge is 0.336 e. The molecule has 0 fully saturated rings. The average Bonchev–Trinajstić information content (AvgIpc) is 2.78. The van der Waals surface area contributed by atoms with E-state index in [2.05, 4.69) is 6.07 Å². The predicted octanol–water partition coefficient (Wildman–Crippen LogP) is 6.48. The van der Waals surface area contributed by atoms with Gasteiger partial charge in [-0.1, -0.05) is 59.1 Å². The van der Waals surface area contributed by atoms with E-state index in [9.17, 15) is 10.1 Å². The Labute approximate surface area is 205 Å². The first kappa shape index (κ1) is 22.8. The van der Waals surface area contributed by atoms with Gasteiger partial charge in [-0.25, -0.2) is 4.79 Å². The SMILES string of the molecule is N#CC1=C(N)Oc2cc(OC(=O)/C=C/c3ccc(Cl)cc3Cl)ccc2C1c1ccc(Cl)cc1. The van der Waals surface area contributed by atoms with Crippen LogP contribution in [0, 0.1) is 11.3 Å². The Morgan fingerprint density at radius 1 is 1.03 bits per heavy atom. The third-order valence-corrected chi connectivity index (χ3v) is 5.79. The van der Waals surface area contributed by atoms with Crippen LogP contribution >= 0.6 is 34.8 Å². The Balaban J connectivity index is 1.59. The van der Waals surface area contributed by atoms with E-state index in [0.717, 1.165) is 5.56 Å². The lowest BCUT2D eigenvalue weighted by molar-refractivity contribution is -0.128. The fraction of sp³-hybridized carbons (Fsp3) is 0.0400. The highest BCUT2D eigenvalue weighted by atomic mass is 35.5. The molecule has 164 valence electrons. The van der Waals surface area contributed by atoms with Gasteiger partial charge in [-0.2, -0.15) is 5.26 Å². The van der Waals surface area contributed by atoms with Crippen LogP contribution in [0.1, 0.15) is 22.6 Å². The Hall–Kier alpha value is -3.43. The van der Waals surface area contributed by atoms with E-state index in [0.29, 0.717) is 31.9 Å². The lowest BCUT2D eigenvalue weighted by Gasteiger charge is -2.26. The van der Waals surface area contributed by atoms with Gasteiger partial charge in [-0.15, -0.1) is 0 Å². The number of hydrogen-bond donors (Lipinski definition) is 1. The third kappa shape index (κ3) is 4.99. The van der Waals surface area contributed by atoms with E-state index >= 15 is 0 Å². The van der Waals surface area contributed by atoms with Crippen LogP contribution in [0.2, 0.25) is 15.1 Å². The van der Waals surface area contributed by atoms with Gasteiger partial charge in [0.1, 0.15) is 23.1 Å². The molecule has 0 saturated carbocycles. The first-order valence-electron chi connectivity index (χ1n) is 9.67. The summed E-state index contributed by atoms with van der Waals surface area (Å²) in [5.74, 6) is -0.402. The number of fused-ring (bicyclic) bond motifs is 1. The summed E-state index contributed by atoms with van der Waals surface area (Å²) >= 11 is 18.0. The summed E-state index contributed by atoms with van der Waals surface area (Å²) in [7, 11) is 0. The molecule has 1 atom stereocenters. The van der Waals surface area contributed by atoms with Crippen molar-refractivity contribution in [3.63, 3.8) is 0 Å². The van der Waals surface area contributed by atoms with E-state index < -0.39 is 11.9 Å². The first-order chi connectivity index (χ1) is 15.9. The highest BCUT2D eigenvalue weighted by molar-refractivity contribution is 6.35. The molecule has 0 radical (unpaired) electrons. The molecule has 33 heavy (non-hydrogen) atoms. The van der Waals surface area contributed by atoms with Crippen LogP contribution in [-0.4, -0.2) is 5.97 Å². The predicted molar refractivity (Wildman–Crippen MR) is 128 cm³/mol. The number of hydrogen-bond acceptors (Lipinski definition) is 5. The Kier molecular flexibility index (Phi) is 6.62. The summed E-state index contributed by atoms with van der Waals surface area (Å²) in [5, 5.41) is 11.1. The van der Waals surface area contributed by atoms with Gasteiger partial charge in [0.15, 0.2) is 0 Å². The minimum Gasteiger partial charge on any atom is -0.440 e. The topological polar surface area (TPSA) is 85.3 Å². The minimum absolute atomic E-state index is 0.00861. The molecule has 3 aromatic carbocycles. The first-order valence-corrected chi connectivity index (χ1v) is 10.8. The van der Waals surface area contributed by atoms with Crippen molar-refractivity contribution in [2.75, 3.05) is 0 Å². The molecule has 0 aliphatic carbocycles. The zero-order valence-corrected chi connectivity index (χ0v) is 19.2. The van der Waals surface area contributed by atoms with Crippen LogP contribution < -0.4 is 15.2 Å². The second kappa shape index (κ2) is 9.60. The van der Waals surface area contributed by atoms with E-state index in [4.69, 9.17) is 50.0 Å². The van der Waals surface area contributed by atoms with Gasteiger partial charge in [0.05, 0.1) is 5.92 Å². The fourth-order valence-electron chi connectivity index (χ4n) is 3.44. The van der Waals surface area contributed by atoms with Crippen LogP contribution in [0.15, 0.2) is 78.2 Å². The molecule has 8 heteroatoms. The molecule has 0 amide bonds. The summed E-state index contributed by atoms with van der Waals surface area (Å²) in [6, 6.07) is 19.1. The van der Waals surface area contributed by atoms with Crippen molar-refractivity contribution >= 4 is 46.8 Å². The maximum absolute atomic E-state index is 12.3. The molecule has 0 saturated heterocycles. The Bertz CT molecular complexity index is 1340. The van der Waals surface area contributed by atoms with Gasteiger partial charge >= 0.3 is 5.97 Å². The lowest BCUT2D eigenvalue weighted by atomic mass is 9.83. The highest BCUT2D eigenvalue weighted by Crippen LogP contribution is 2.43. The van der Waals surface area contributed by atoms with E-state index in [1.54, 1.807) is 48.5 Å². The largest absolute Gasteiger partial charge is 0.440 e. The van der Waals surface area contributed by atoms with Crippen LogP contribution in [0.5, 0.6) is 11.5 Å². The molecule has 0 bridgehead atoms. The van der Waals surface area contributed by atoms with Gasteiger partial charge in [0, 0.05) is 32.8 Å². The second-order valence-electron chi connectivity index (χ2n) is 7.10. The van der Waals surface area contributed by atoms with Crippen molar-refractivity contribution in [2.45, 2.75) is 5.92 Å². The zero-order valence-electron chi connectivity index (χ0n) is 16.9. The van der Waals surface area contributed by atoms with E-state index in [1.807, 2.05) is 12.1 Å². The van der Waals surface area contributed by atoms with Crippen molar-refractivity contribution in [2.24, 2.45) is 5.73 Å². The molecule has 5 nitrogen and oxygen atoms in total. The Morgan fingerprint density at radius 3 is 2.45 bits per heavy atom. The lowest BCUT2D eigenvalue weighted by Crippen LogP contribution is -2.21. The number of nitriles is 1. The third-order valence-electron chi connectivity index (χ3n) is 4.97. The molecule has 0 aromatic heterocycles. The molecular weight excluding hydrogens is 483 g/mol. The number of carbonyl (C=O) groups is 1. The van der Waals surface area contributed by atoms with Gasteiger partial charge in [-0.3, -0.25) is 0 Å². The number of nitrogens with two attached hydrogens (primary N) is 1. The second-order valence-corrected chi connectivity index (χ2v) is 8.38. The molecule has 1 aliphatic rings. The van der Waals surface area contributed by atoms with Gasteiger partial charge in [-0.05, 0) is 47.5 Å². The normalized spacial score (nSPS) is 15.0. The monoisotopic (exact) mass is 496 g/mol. The Morgan fingerprint density at radius 2 is 1.76 bits per heavy atom. The standard InChI is InChI=1S/C25H15Cl3N2O3/c26-16-5-2-15(3-6-16)24-19-9-8-18(12-22(19)33-25(30)20(24)13-29)32-23(31)10-4-14-1-7-17(27)11-21(14)28/h1-12,24H,30H2/b10-4+. The summed E-state index contributed by atoms with van der Waals surface area (Å²) in [4.78, 5) is 12.3. The highest BCUT2D eigenvalue weighted by Gasteiger charge is 2.31. The summed E-state index contributed by atoms with van der Waals surface area (Å²) in [6.07, 6.45) is 2.79. The molecule has 1 aliphatic heterocycles. The molecular formula is C25H15Cl3N2O3. The van der Waals surface area contributed by atoms with Gasteiger partial charge in [0.25, 0.3) is 0 Å². The number of halogens is 3. The quantitative estimate of drug-likeness (QED) is 0.253. The van der Waals surface area contributed by atoms with E-state index in [-0.39, 0.29) is 17.2 Å². The number of rotatable bonds is 4. The van der Waals surface area contributed by atoms with E-state index in [1.165, 1.54) is 12.2 Å². The van der Waals surface area contributed by atoms with Crippen LogP contribution in [0.25, 0.3) is 6.08 Å². The van der Waals surface area contributed by atoms with Gasteiger partial charge in [0.2, 0.25) is 5.88 Å². The molecule has 1 unspecified atom stereocenters. The number of allylic oxidation sites excluding steroid dienone is 1. The molecule has 1 heterocycles. The summed E-state index contributed by atoms with van der Waals surface area (Å²) < 4.78 is 11.1. The van der Waals surface area contributed by atoms with Crippen molar-refractivity contribution in [1.29, 1.82) is 5.26 Å². The fourth-order valence-corrected chi connectivity index (χ4v) is 4.04. The van der Waals surface area contributed by atoms with Crippen LogP contribution in [0.4, 0.5) is 0 Å². The number of benzene rings is 3. The molecule has 4 rings (SSSR count). The number of nitrogens with zero attached hydrogens (tertiary/aromatic N) is 1. The average molecular weight is 498 g/mol. The van der Waals surface area contributed by atoms with Gasteiger partial charge < -0.3 is 15.2 Å². The zero-order chi connectivity index (χ0) is 23.5. The maximum atomic E-state index is 12.3. The molecule has 0 spiro atoms. The summed E-state index contributed by atoms with van der Waals surface area (Å²) in [6.45, 7) is 0. The van der Waals surface area contributed by atoms with Crippen molar-refractivity contribution in [1.82, 2.24) is 0 Å². The minimum atomic E-state index is -0.604. The number of carbonyl (C=O) groups excluding carboxylic acids is 1. The number of esters is 1. The number of ether oxygens (including phenoxy) is 2. The van der Waals surface area contributed by atoms with Crippen LogP contribution in [-0.2, 0) is 4.79 Å². The molecule has 3 aromatic rings. The van der Waals surface area contributed by atoms with Crippen molar-refractivity contribution in [3.8, 4) is 17.6 Å². The maximum Gasteiger partial charge on any atom is 0.336 e. The van der Waals surface area contributed by atoms with Crippen LogP contribution in [0.3, 0.4) is 0 Å². The van der Waals surface area contributed by atoms with Crippen molar-refractivity contribution in [3.05, 3.63) is 110 Å².